The summed E-state index contributed by atoms with van der Waals surface area (Å²) in [4.78, 5) is 48.2. The molecule has 43 heavy (non-hydrogen) atoms. The number of hydrogen-bond acceptors (Lipinski definition) is 4. The zero-order valence-electron chi connectivity index (χ0n) is 23.1. The summed E-state index contributed by atoms with van der Waals surface area (Å²) in [6.07, 6.45) is 0.390. The number of nitrogens with zero attached hydrogens (tertiary/aromatic N) is 4. The number of anilines is 3. The number of halogens is 3. The van der Waals surface area contributed by atoms with Crippen molar-refractivity contribution in [2.24, 2.45) is 0 Å². The van der Waals surface area contributed by atoms with Crippen molar-refractivity contribution in [3.05, 3.63) is 87.9 Å². The smallest absolute Gasteiger partial charge is 0.308 e. The standard InChI is InChI=1S/C30H30Cl3N7O3/c31-19-7-1-4-10-22(19)34-28(41)37-16-13-26-39(30(43)36-24-12-6-3-9-21(24)33)18-15-27-38(17-14-25(37)40(26)27)29(42)35-23-11-5-2-8-20(23)32/h1-12,25-27H,13-18H2,(H,34,41)(H,35,42)(H,36,43). The van der Waals surface area contributed by atoms with E-state index >= 15 is 0 Å². The topological polar surface area (TPSA) is 100 Å². The number of nitrogens with one attached hydrogen (secondary N) is 3. The highest BCUT2D eigenvalue weighted by Crippen LogP contribution is 2.38. The lowest BCUT2D eigenvalue weighted by Crippen LogP contribution is -2.76. The Kier molecular flexibility index (Phi) is 8.54. The van der Waals surface area contributed by atoms with Gasteiger partial charge in [-0.2, -0.15) is 0 Å². The number of benzene rings is 3. The Morgan fingerprint density at radius 1 is 0.512 bits per heavy atom. The van der Waals surface area contributed by atoms with Gasteiger partial charge >= 0.3 is 18.1 Å². The van der Waals surface area contributed by atoms with E-state index in [4.69, 9.17) is 34.8 Å². The molecule has 3 N–H and O–H groups in total. The minimum atomic E-state index is -0.355. The average Bonchev–Trinajstić information content (AvgIpc) is 3.01. The number of carbonyl (C=O) groups is 3. The van der Waals surface area contributed by atoms with Gasteiger partial charge in [0.15, 0.2) is 0 Å². The van der Waals surface area contributed by atoms with Crippen LogP contribution < -0.4 is 16.0 Å². The molecule has 10 nitrogen and oxygen atoms in total. The first-order chi connectivity index (χ1) is 20.8. The molecule has 3 aliphatic heterocycles. The minimum Gasteiger partial charge on any atom is -0.308 e. The molecule has 0 aromatic heterocycles. The maximum Gasteiger partial charge on any atom is 0.323 e. The fourth-order valence-electron chi connectivity index (χ4n) is 6.16. The Labute approximate surface area is 264 Å². The molecule has 224 valence electrons. The molecule has 0 radical (unpaired) electrons. The van der Waals surface area contributed by atoms with E-state index in [2.05, 4.69) is 20.9 Å². The first kappa shape index (κ1) is 29.4. The third kappa shape index (κ3) is 5.92. The third-order valence-corrected chi connectivity index (χ3v) is 9.11. The van der Waals surface area contributed by atoms with Gasteiger partial charge in [-0.3, -0.25) is 0 Å². The molecule has 13 heteroatoms. The number of rotatable bonds is 3. The summed E-state index contributed by atoms with van der Waals surface area (Å²) in [6.45, 7) is 1.24. The molecule has 6 rings (SSSR count). The van der Waals surface area contributed by atoms with E-state index < -0.39 is 0 Å². The molecule has 0 bridgehead atoms. The van der Waals surface area contributed by atoms with Crippen molar-refractivity contribution in [1.29, 1.82) is 0 Å². The normalized spacial score (nSPS) is 21.6. The molecule has 3 atom stereocenters. The maximum atomic E-state index is 13.6. The van der Waals surface area contributed by atoms with Crippen molar-refractivity contribution in [3.63, 3.8) is 0 Å². The van der Waals surface area contributed by atoms with Gasteiger partial charge in [-0.05, 0) is 55.7 Å². The first-order valence-electron chi connectivity index (χ1n) is 14.1. The lowest BCUT2D eigenvalue weighted by molar-refractivity contribution is -0.164. The fraction of sp³-hybridized carbons (Fsp3) is 0.300. The number of hydrogen-bond donors (Lipinski definition) is 3. The van der Waals surface area contributed by atoms with E-state index in [0.29, 0.717) is 71.0 Å². The monoisotopic (exact) mass is 641 g/mol. The molecular formula is C30H30Cl3N7O3. The van der Waals surface area contributed by atoms with Gasteiger partial charge < -0.3 is 30.7 Å². The zero-order chi connectivity index (χ0) is 30.1. The van der Waals surface area contributed by atoms with Crippen molar-refractivity contribution < 1.29 is 14.4 Å². The van der Waals surface area contributed by atoms with Crippen LogP contribution in [0.5, 0.6) is 0 Å². The zero-order valence-corrected chi connectivity index (χ0v) is 25.3. The Hall–Kier alpha value is -3.70. The van der Waals surface area contributed by atoms with Crippen LogP contribution >= 0.6 is 34.8 Å². The van der Waals surface area contributed by atoms with E-state index in [1.54, 1.807) is 87.5 Å². The number of carbonyl (C=O) groups excluding carboxylic acids is 3. The predicted molar refractivity (Wildman–Crippen MR) is 169 cm³/mol. The molecule has 3 fully saturated rings. The third-order valence-electron chi connectivity index (χ3n) is 8.13. The molecule has 3 aliphatic rings. The van der Waals surface area contributed by atoms with Crippen LogP contribution in [0.1, 0.15) is 19.3 Å². The van der Waals surface area contributed by atoms with Gasteiger partial charge in [-0.15, -0.1) is 0 Å². The molecule has 0 spiro atoms. The van der Waals surface area contributed by atoms with Crippen LogP contribution in [-0.4, -0.2) is 75.8 Å². The molecule has 3 saturated heterocycles. The largest absolute Gasteiger partial charge is 0.323 e. The van der Waals surface area contributed by atoms with Crippen molar-refractivity contribution >= 4 is 70.0 Å². The van der Waals surface area contributed by atoms with E-state index in [9.17, 15) is 14.4 Å². The van der Waals surface area contributed by atoms with Crippen molar-refractivity contribution in [2.75, 3.05) is 35.6 Å². The Morgan fingerprint density at radius 2 is 0.791 bits per heavy atom. The lowest BCUT2D eigenvalue weighted by Gasteiger charge is -2.61. The van der Waals surface area contributed by atoms with Crippen LogP contribution in [0.2, 0.25) is 15.1 Å². The molecule has 0 aliphatic carbocycles. The van der Waals surface area contributed by atoms with Crippen LogP contribution in [-0.2, 0) is 0 Å². The van der Waals surface area contributed by atoms with Crippen LogP contribution in [0.25, 0.3) is 0 Å². The van der Waals surface area contributed by atoms with Gasteiger partial charge in [0.25, 0.3) is 0 Å². The Bertz CT molecular complexity index is 1360. The van der Waals surface area contributed by atoms with Crippen LogP contribution in [0.3, 0.4) is 0 Å². The number of amides is 6. The van der Waals surface area contributed by atoms with E-state index in [1.165, 1.54) is 0 Å². The summed E-state index contributed by atoms with van der Waals surface area (Å²) in [5, 5.41) is 10.1. The van der Waals surface area contributed by atoms with E-state index in [-0.39, 0.29) is 36.6 Å². The Morgan fingerprint density at radius 3 is 1.07 bits per heavy atom. The van der Waals surface area contributed by atoms with E-state index in [1.807, 2.05) is 0 Å². The van der Waals surface area contributed by atoms with Crippen LogP contribution in [0.4, 0.5) is 31.4 Å². The number of urea groups is 3. The van der Waals surface area contributed by atoms with Crippen molar-refractivity contribution in [2.45, 2.75) is 37.8 Å². The molecular weight excluding hydrogens is 613 g/mol. The highest BCUT2D eigenvalue weighted by Gasteiger charge is 2.52. The average molecular weight is 643 g/mol. The SMILES string of the molecule is O=C(Nc1ccccc1Cl)N1CCC2N(C(=O)Nc3ccccc3Cl)CCC3N(C(=O)Nc4ccccc4Cl)CCC1N23. The first-order valence-corrected chi connectivity index (χ1v) is 15.2. The highest BCUT2D eigenvalue weighted by molar-refractivity contribution is 6.34. The summed E-state index contributed by atoms with van der Waals surface area (Å²) < 4.78 is 0. The summed E-state index contributed by atoms with van der Waals surface area (Å²) in [5.41, 5.74) is 1.55. The van der Waals surface area contributed by atoms with Crippen molar-refractivity contribution in [1.82, 2.24) is 19.6 Å². The van der Waals surface area contributed by atoms with Gasteiger partial charge in [0.2, 0.25) is 0 Å². The van der Waals surface area contributed by atoms with Crippen LogP contribution in [0, 0.1) is 0 Å². The lowest BCUT2D eigenvalue weighted by atomic mass is 9.98. The minimum absolute atomic E-state index is 0.290. The second-order valence-electron chi connectivity index (χ2n) is 10.6. The molecule has 3 unspecified atom stereocenters. The molecule has 6 amide bonds. The summed E-state index contributed by atoms with van der Waals surface area (Å²) in [6, 6.07) is 20.3. The van der Waals surface area contributed by atoms with Gasteiger partial charge in [-0.25, -0.2) is 19.3 Å². The maximum absolute atomic E-state index is 13.6. The van der Waals surface area contributed by atoms with Crippen molar-refractivity contribution in [3.8, 4) is 0 Å². The fourth-order valence-corrected chi connectivity index (χ4v) is 6.71. The molecule has 3 aromatic carbocycles. The quantitative estimate of drug-likeness (QED) is 0.285. The summed E-state index contributed by atoms with van der Waals surface area (Å²) >= 11 is 19.0. The highest BCUT2D eigenvalue weighted by atomic mass is 35.5. The molecule has 3 heterocycles. The Balaban J connectivity index is 1.27. The van der Waals surface area contributed by atoms with Gasteiger partial charge in [0, 0.05) is 19.6 Å². The van der Waals surface area contributed by atoms with Gasteiger partial charge in [0.05, 0.1) is 50.6 Å². The van der Waals surface area contributed by atoms with Gasteiger partial charge in [0.1, 0.15) is 0 Å². The summed E-state index contributed by atoms with van der Waals surface area (Å²) in [5.74, 6) is 0. The number of para-hydroxylation sites is 3. The molecule has 0 saturated carbocycles. The predicted octanol–water partition coefficient (Wildman–Crippen LogP) is 7.04. The summed E-state index contributed by atoms with van der Waals surface area (Å²) in [7, 11) is 0. The van der Waals surface area contributed by atoms with Gasteiger partial charge in [-0.1, -0.05) is 71.2 Å². The van der Waals surface area contributed by atoms with E-state index in [0.717, 1.165) is 0 Å². The second-order valence-corrected chi connectivity index (χ2v) is 11.8. The molecule has 3 aromatic rings. The second kappa shape index (κ2) is 12.5. The van der Waals surface area contributed by atoms with Crippen LogP contribution in [0.15, 0.2) is 72.8 Å².